The zero-order valence-corrected chi connectivity index (χ0v) is 11.1. The second-order valence-corrected chi connectivity index (χ2v) is 5.45. The first-order valence-electron chi connectivity index (χ1n) is 5.84. The molecule has 0 bridgehead atoms. The Bertz CT molecular complexity index is 223. The first-order valence-corrected chi connectivity index (χ1v) is 5.84. The van der Waals surface area contributed by atoms with E-state index in [9.17, 15) is 9.90 Å². The molecule has 0 saturated carbocycles. The summed E-state index contributed by atoms with van der Waals surface area (Å²) in [7, 11) is 0. The van der Waals surface area contributed by atoms with Gasteiger partial charge in [0.2, 0.25) is 0 Å². The molecular formula is C12H25NO3. The summed E-state index contributed by atoms with van der Waals surface area (Å²) in [6.45, 7) is 9.27. The minimum absolute atomic E-state index is 0.0771. The lowest BCUT2D eigenvalue weighted by molar-refractivity contribution is 0.0404. The molecule has 4 heteroatoms. The van der Waals surface area contributed by atoms with E-state index in [0.29, 0.717) is 0 Å². The molecule has 0 heterocycles. The summed E-state index contributed by atoms with van der Waals surface area (Å²) >= 11 is 0. The Morgan fingerprint density at radius 3 is 2.25 bits per heavy atom. The van der Waals surface area contributed by atoms with Gasteiger partial charge in [-0.1, -0.05) is 19.8 Å². The third-order valence-corrected chi connectivity index (χ3v) is 2.23. The van der Waals surface area contributed by atoms with Crippen LogP contribution >= 0.6 is 0 Å². The van der Waals surface area contributed by atoms with Crippen molar-refractivity contribution < 1.29 is 14.6 Å². The molecule has 2 N–H and O–H groups in total. The molecule has 0 rings (SSSR count). The van der Waals surface area contributed by atoms with Crippen LogP contribution in [0.4, 0.5) is 4.79 Å². The van der Waals surface area contributed by atoms with E-state index < -0.39 is 17.2 Å². The number of rotatable bonds is 5. The predicted molar refractivity (Wildman–Crippen MR) is 64.4 cm³/mol. The first kappa shape index (κ1) is 15.2. The van der Waals surface area contributed by atoms with E-state index in [4.69, 9.17) is 4.74 Å². The van der Waals surface area contributed by atoms with E-state index in [1.54, 1.807) is 0 Å². The number of alkyl carbamates (subject to hydrolysis) is 1. The summed E-state index contributed by atoms with van der Waals surface area (Å²) in [6.07, 6.45) is 2.28. The fourth-order valence-electron chi connectivity index (χ4n) is 1.30. The largest absolute Gasteiger partial charge is 0.444 e. The number of aliphatic hydroxyl groups is 1. The number of ether oxygens (including phenoxy) is 1. The molecule has 16 heavy (non-hydrogen) atoms. The van der Waals surface area contributed by atoms with Crippen molar-refractivity contribution in [2.75, 3.05) is 6.61 Å². The molecule has 0 aromatic rings. The van der Waals surface area contributed by atoms with E-state index in [2.05, 4.69) is 12.2 Å². The average Bonchev–Trinajstić information content (AvgIpc) is 2.11. The van der Waals surface area contributed by atoms with Crippen molar-refractivity contribution in [2.24, 2.45) is 0 Å². The summed E-state index contributed by atoms with van der Waals surface area (Å²) < 4.78 is 5.15. The van der Waals surface area contributed by atoms with Gasteiger partial charge in [0.05, 0.1) is 12.1 Å². The number of hydrogen-bond donors (Lipinski definition) is 2. The number of aliphatic hydroxyl groups excluding tert-OH is 1. The molecule has 4 nitrogen and oxygen atoms in total. The lowest BCUT2D eigenvalue weighted by Crippen LogP contribution is -2.50. The number of nitrogens with one attached hydrogen (secondary N) is 1. The zero-order valence-electron chi connectivity index (χ0n) is 11.1. The van der Waals surface area contributed by atoms with Gasteiger partial charge in [0.15, 0.2) is 0 Å². The summed E-state index contributed by atoms with van der Waals surface area (Å²) in [5, 5.41) is 12.0. The fraction of sp³-hybridized carbons (Fsp3) is 0.917. The molecule has 0 aliphatic carbocycles. The van der Waals surface area contributed by atoms with Gasteiger partial charge in [0.25, 0.3) is 0 Å². The maximum Gasteiger partial charge on any atom is 0.408 e. The van der Waals surface area contributed by atoms with Crippen LogP contribution in [0.2, 0.25) is 0 Å². The monoisotopic (exact) mass is 231 g/mol. The van der Waals surface area contributed by atoms with Crippen molar-refractivity contribution in [2.45, 2.75) is 65.0 Å². The van der Waals surface area contributed by atoms with Crippen molar-refractivity contribution in [1.29, 1.82) is 0 Å². The first-order chi connectivity index (χ1) is 7.22. The number of amides is 1. The van der Waals surface area contributed by atoms with Crippen molar-refractivity contribution in [1.82, 2.24) is 5.32 Å². The Morgan fingerprint density at radius 1 is 1.31 bits per heavy atom. The van der Waals surface area contributed by atoms with E-state index in [1.165, 1.54) is 0 Å². The minimum atomic E-state index is -0.585. The highest BCUT2D eigenvalue weighted by Crippen LogP contribution is 2.15. The highest BCUT2D eigenvalue weighted by Gasteiger charge is 2.27. The normalized spacial score (nSPS) is 15.4. The highest BCUT2D eigenvalue weighted by atomic mass is 16.6. The van der Waals surface area contributed by atoms with Crippen LogP contribution in [0, 0.1) is 0 Å². The quantitative estimate of drug-likeness (QED) is 0.764. The molecule has 1 amide bonds. The van der Waals surface area contributed by atoms with Crippen LogP contribution < -0.4 is 5.32 Å². The maximum absolute atomic E-state index is 11.6. The van der Waals surface area contributed by atoms with Crippen LogP contribution in [0.25, 0.3) is 0 Å². The fourth-order valence-corrected chi connectivity index (χ4v) is 1.30. The molecule has 0 fully saturated rings. The molecule has 1 unspecified atom stereocenters. The van der Waals surface area contributed by atoms with Gasteiger partial charge in [-0.15, -0.1) is 0 Å². The Kier molecular flexibility index (Phi) is 5.79. The van der Waals surface area contributed by atoms with Crippen LogP contribution in [0.1, 0.15) is 53.9 Å². The van der Waals surface area contributed by atoms with Gasteiger partial charge in [0, 0.05) is 0 Å². The van der Waals surface area contributed by atoms with Crippen molar-refractivity contribution in [3.63, 3.8) is 0 Å². The van der Waals surface area contributed by atoms with E-state index in [-0.39, 0.29) is 6.61 Å². The van der Waals surface area contributed by atoms with Crippen LogP contribution in [-0.2, 0) is 4.74 Å². The topological polar surface area (TPSA) is 58.6 Å². The van der Waals surface area contributed by atoms with Gasteiger partial charge < -0.3 is 15.2 Å². The molecule has 0 aliphatic heterocycles. The van der Waals surface area contributed by atoms with Crippen molar-refractivity contribution in [3.05, 3.63) is 0 Å². The second kappa shape index (κ2) is 6.09. The number of hydrogen-bond acceptors (Lipinski definition) is 3. The van der Waals surface area contributed by atoms with Gasteiger partial charge in [-0.3, -0.25) is 0 Å². The molecule has 0 saturated heterocycles. The Morgan fingerprint density at radius 2 is 1.88 bits per heavy atom. The van der Waals surface area contributed by atoms with Crippen LogP contribution in [0.15, 0.2) is 0 Å². The zero-order chi connectivity index (χ0) is 12.8. The number of carbonyl (C=O) groups excluding carboxylic acids is 1. The van der Waals surface area contributed by atoms with Crippen LogP contribution in [0.5, 0.6) is 0 Å². The second-order valence-electron chi connectivity index (χ2n) is 5.45. The van der Waals surface area contributed by atoms with Gasteiger partial charge in [-0.25, -0.2) is 4.79 Å². The maximum atomic E-state index is 11.6. The summed E-state index contributed by atoms with van der Waals surface area (Å²) in [4.78, 5) is 11.6. The lowest BCUT2D eigenvalue weighted by Gasteiger charge is -2.30. The highest BCUT2D eigenvalue weighted by molar-refractivity contribution is 5.68. The summed E-state index contributed by atoms with van der Waals surface area (Å²) in [5.41, 5.74) is -1.09. The molecule has 0 radical (unpaired) electrons. The molecule has 1 atom stereocenters. The van der Waals surface area contributed by atoms with Crippen LogP contribution in [-0.4, -0.2) is 28.9 Å². The Balaban J connectivity index is 4.25. The molecule has 96 valence electrons. The van der Waals surface area contributed by atoms with Crippen LogP contribution in [0.3, 0.4) is 0 Å². The van der Waals surface area contributed by atoms with E-state index in [0.717, 1.165) is 19.3 Å². The predicted octanol–water partition coefficient (Wildman–Crippen LogP) is 2.45. The standard InChI is InChI=1S/C12H25NO3/c1-6-7-8-12(5,9-14)13-10(15)16-11(2,3)4/h14H,6-9H2,1-5H3,(H,13,15). The Labute approximate surface area is 98.4 Å². The van der Waals surface area contributed by atoms with Crippen molar-refractivity contribution in [3.8, 4) is 0 Å². The van der Waals surface area contributed by atoms with Gasteiger partial charge in [-0.2, -0.15) is 0 Å². The molecule has 0 spiro atoms. The van der Waals surface area contributed by atoms with Gasteiger partial charge in [-0.05, 0) is 34.1 Å². The summed E-state index contributed by atoms with van der Waals surface area (Å²) in [5.74, 6) is 0. The van der Waals surface area contributed by atoms with E-state index >= 15 is 0 Å². The number of carbonyl (C=O) groups is 1. The smallest absolute Gasteiger partial charge is 0.408 e. The molecule has 0 aliphatic rings. The third kappa shape index (κ3) is 6.67. The molecular weight excluding hydrogens is 206 g/mol. The minimum Gasteiger partial charge on any atom is -0.444 e. The summed E-state index contributed by atoms with van der Waals surface area (Å²) in [6, 6.07) is 0. The lowest BCUT2D eigenvalue weighted by atomic mass is 9.96. The van der Waals surface area contributed by atoms with Gasteiger partial charge >= 0.3 is 6.09 Å². The van der Waals surface area contributed by atoms with Crippen molar-refractivity contribution >= 4 is 6.09 Å². The molecule has 0 aromatic heterocycles. The van der Waals surface area contributed by atoms with Gasteiger partial charge in [0.1, 0.15) is 5.60 Å². The Hall–Kier alpha value is -0.770. The molecule has 0 aromatic carbocycles. The SMILES string of the molecule is CCCCC(C)(CO)NC(=O)OC(C)(C)C. The number of unbranched alkanes of at least 4 members (excludes halogenated alkanes) is 1. The van der Waals surface area contributed by atoms with E-state index in [1.807, 2.05) is 27.7 Å². The average molecular weight is 231 g/mol. The third-order valence-electron chi connectivity index (χ3n) is 2.23.